The smallest absolute Gasteiger partial charge is 0.231 e. The van der Waals surface area contributed by atoms with Gasteiger partial charge >= 0.3 is 0 Å². The van der Waals surface area contributed by atoms with Crippen molar-refractivity contribution in [3.63, 3.8) is 0 Å². The van der Waals surface area contributed by atoms with Gasteiger partial charge in [0.05, 0.1) is 11.1 Å². The minimum absolute atomic E-state index is 0.201. The highest BCUT2D eigenvalue weighted by Crippen LogP contribution is 2.41. The van der Waals surface area contributed by atoms with E-state index < -0.39 is 0 Å². The monoisotopic (exact) mass is 605 g/mol. The van der Waals surface area contributed by atoms with E-state index >= 15 is 0 Å². The SMILES string of the molecule is Fc1ccc([C@@H]2CCN(CC(Br)CBr)C[C@H]2COc2cc3c(cc2Br)OCO3)cc1. The van der Waals surface area contributed by atoms with Gasteiger partial charge in [-0.3, -0.25) is 0 Å². The van der Waals surface area contributed by atoms with Gasteiger partial charge in [0.1, 0.15) is 11.6 Å². The molecule has 0 N–H and O–H groups in total. The van der Waals surface area contributed by atoms with Crippen molar-refractivity contribution in [2.45, 2.75) is 17.2 Å². The van der Waals surface area contributed by atoms with Gasteiger partial charge in [0.2, 0.25) is 6.79 Å². The van der Waals surface area contributed by atoms with Gasteiger partial charge in [0.25, 0.3) is 0 Å². The van der Waals surface area contributed by atoms with Crippen molar-refractivity contribution in [3.05, 3.63) is 52.3 Å². The van der Waals surface area contributed by atoms with E-state index in [1.165, 1.54) is 5.56 Å². The summed E-state index contributed by atoms with van der Waals surface area (Å²) >= 11 is 10.8. The lowest BCUT2D eigenvalue weighted by Gasteiger charge is -2.39. The third kappa shape index (κ3) is 5.31. The van der Waals surface area contributed by atoms with Crippen molar-refractivity contribution < 1.29 is 18.6 Å². The van der Waals surface area contributed by atoms with Crippen LogP contribution < -0.4 is 14.2 Å². The third-order valence-electron chi connectivity index (χ3n) is 5.62. The molecule has 0 amide bonds. The van der Waals surface area contributed by atoms with E-state index in [0.29, 0.717) is 23.1 Å². The van der Waals surface area contributed by atoms with Crippen molar-refractivity contribution in [2.24, 2.45) is 5.92 Å². The number of piperidine rings is 1. The maximum atomic E-state index is 13.4. The quantitative estimate of drug-likeness (QED) is 0.364. The molecule has 1 fully saturated rings. The van der Waals surface area contributed by atoms with Gasteiger partial charge in [-0.2, -0.15) is 0 Å². The number of halogens is 4. The molecule has 0 spiro atoms. The van der Waals surface area contributed by atoms with Crippen LogP contribution >= 0.6 is 47.8 Å². The summed E-state index contributed by atoms with van der Waals surface area (Å²) < 4.78 is 31.5. The van der Waals surface area contributed by atoms with Crippen molar-refractivity contribution in [2.75, 3.05) is 38.4 Å². The number of ether oxygens (including phenoxy) is 3. The third-order valence-corrected chi connectivity index (χ3v) is 8.50. The van der Waals surface area contributed by atoms with Crippen molar-refractivity contribution in [1.82, 2.24) is 4.90 Å². The Balaban J connectivity index is 1.50. The van der Waals surface area contributed by atoms with Crippen LogP contribution in [0.2, 0.25) is 0 Å². The summed E-state index contributed by atoms with van der Waals surface area (Å²) in [7, 11) is 0. The second kappa shape index (κ2) is 10.2. The first kappa shape index (κ1) is 22.4. The van der Waals surface area contributed by atoms with Crippen molar-refractivity contribution in [3.8, 4) is 17.2 Å². The normalized spacial score (nSPS) is 22.1. The van der Waals surface area contributed by atoms with Crippen LogP contribution in [0.25, 0.3) is 0 Å². The summed E-state index contributed by atoms with van der Waals surface area (Å²) in [5.41, 5.74) is 1.17. The lowest BCUT2D eigenvalue weighted by atomic mass is 9.81. The first-order valence-electron chi connectivity index (χ1n) is 9.93. The molecule has 8 heteroatoms. The van der Waals surface area contributed by atoms with Crippen LogP contribution in [0.1, 0.15) is 17.9 Å². The van der Waals surface area contributed by atoms with Crippen LogP contribution in [0, 0.1) is 11.7 Å². The largest absolute Gasteiger partial charge is 0.492 e. The number of nitrogens with zero attached hydrogens (tertiary/aromatic N) is 1. The average Bonchev–Trinajstić information content (AvgIpc) is 3.20. The fraction of sp³-hybridized carbons (Fsp3) is 0.455. The van der Waals surface area contributed by atoms with Gasteiger partial charge < -0.3 is 19.1 Å². The second-order valence-corrected chi connectivity index (χ2v) is 10.5. The van der Waals surface area contributed by atoms with E-state index in [1.807, 2.05) is 24.3 Å². The van der Waals surface area contributed by atoms with Gasteiger partial charge in [-0.15, -0.1) is 0 Å². The highest BCUT2D eigenvalue weighted by atomic mass is 79.9. The average molecular weight is 608 g/mol. The lowest BCUT2D eigenvalue weighted by Crippen LogP contribution is -2.44. The Morgan fingerprint density at radius 2 is 1.90 bits per heavy atom. The molecule has 162 valence electrons. The first-order chi connectivity index (χ1) is 14.5. The molecule has 2 aliphatic heterocycles. The van der Waals surface area contributed by atoms with Crippen LogP contribution in [0.5, 0.6) is 17.2 Å². The molecular formula is C22H23Br3FNO3. The Kier molecular flexibility index (Phi) is 7.60. The van der Waals surface area contributed by atoms with E-state index in [9.17, 15) is 4.39 Å². The topological polar surface area (TPSA) is 30.9 Å². The number of alkyl halides is 2. The van der Waals surface area contributed by atoms with E-state index in [2.05, 4.69) is 52.7 Å². The summed E-state index contributed by atoms with van der Waals surface area (Å²) in [6.45, 7) is 3.72. The van der Waals surface area contributed by atoms with Crippen molar-refractivity contribution >= 4 is 47.8 Å². The summed E-state index contributed by atoms with van der Waals surface area (Å²) in [6, 6.07) is 10.7. The van der Waals surface area contributed by atoms with Crippen LogP contribution in [0.4, 0.5) is 4.39 Å². The Morgan fingerprint density at radius 1 is 1.17 bits per heavy atom. The highest BCUT2D eigenvalue weighted by molar-refractivity contribution is 9.12. The van der Waals surface area contributed by atoms with Crippen LogP contribution in [-0.4, -0.2) is 48.1 Å². The van der Waals surface area contributed by atoms with Crippen LogP contribution in [0.15, 0.2) is 40.9 Å². The molecule has 2 heterocycles. The molecule has 3 atom stereocenters. The molecule has 2 aromatic rings. The number of rotatable bonds is 7. The van der Waals surface area contributed by atoms with Crippen LogP contribution in [-0.2, 0) is 0 Å². The first-order valence-corrected chi connectivity index (χ1v) is 12.8. The summed E-state index contributed by atoms with van der Waals surface area (Å²) in [5, 5.41) is 0.913. The maximum absolute atomic E-state index is 13.4. The molecule has 1 saturated heterocycles. The molecule has 2 aromatic carbocycles. The molecule has 2 aliphatic rings. The molecule has 4 rings (SSSR count). The van der Waals surface area contributed by atoms with E-state index in [0.717, 1.165) is 47.4 Å². The molecule has 4 nitrogen and oxygen atoms in total. The Hall–Kier alpha value is -0.830. The standard InChI is InChI=1S/C22H23Br3FNO3/c23-9-16(24)11-27-6-5-18(14-1-3-17(26)4-2-14)15(10-27)12-28-20-8-22-21(7-19(20)25)29-13-30-22/h1-4,7-8,15-16,18H,5-6,9-13H2/t15-,16?,18-/m0/s1. The molecule has 0 bridgehead atoms. The molecule has 0 radical (unpaired) electrons. The Morgan fingerprint density at radius 3 is 2.63 bits per heavy atom. The fourth-order valence-corrected chi connectivity index (χ4v) is 5.18. The summed E-state index contributed by atoms with van der Waals surface area (Å²) in [4.78, 5) is 2.88. The Labute approximate surface area is 201 Å². The molecule has 0 aliphatic carbocycles. The molecule has 1 unspecified atom stereocenters. The maximum Gasteiger partial charge on any atom is 0.231 e. The predicted molar refractivity (Wildman–Crippen MR) is 126 cm³/mol. The zero-order chi connectivity index (χ0) is 21.1. The van der Waals surface area contributed by atoms with Crippen molar-refractivity contribution in [1.29, 1.82) is 0 Å². The van der Waals surface area contributed by atoms with Crippen LogP contribution in [0.3, 0.4) is 0 Å². The van der Waals surface area contributed by atoms with E-state index in [4.69, 9.17) is 14.2 Å². The van der Waals surface area contributed by atoms with E-state index in [-0.39, 0.29) is 18.5 Å². The molecular weight excluding hydrogens is 585 g/mol. The van der Waals surface area contributed by atoms with Gasteiger partial charge in [0.15, 0.2) is 11.5 Å². The van der Waals surface area contributed by atoms with Gasteiger partial charge in [-0.1, -0.05) is 44.0 Å². The zero-order valence-corrected chi connectivity index (χ0v) is 21.1. The molecule has 0 aromatic heterocycles. The minimum atomic E-state index is -0.201. The number of hydrogen-bond acceptors (Lipinski definition) is 4. The number of fused-ring (bicyclic) bond motifs is 1. The lowest BCUT2D eigenvalue weighted by molar-refractivity contribution is 0.112. The predicted octanol–water partition coefficient (Wildman–Crippen LogP) is 5.96. The second-order valence-electron chi connectivity index (χ2n) is 7.66. The molecule has 0 saturated carbocycles. The molecule has 30 heavy (non-hydrogen) atoms. The number of likely N-dealkylation sites (tertiary alicyclic amines) is 1. The van der Waals surface area contributed by atoms with E-state index in [1.54, 1.807) is 12.1 Å². The number of hydrogen-bond donors (Lipinski definition) is 0. The fourth-order valence-electron chi connectivity index (χ4n) is 4.13. The Bertz CT molecular complexity index is 867. The zero-order valence-electron chi connectivity index (χ0n) is 16.3. The summed E-state index contributed by atoms with van der Waals surface area (Å²) in [5.74, 6) is 2.58. The highest BCUT2D eigenvalue weighted by Gasteiger charge is 2.32. The number of benzene rings is 2. The minimum Gasteiger partial charge on any atom is -0.492 e. The van der Waals surface area contributed by atoms with Gasteiger partial charge in [0, 0.05) is 41.3 Å². The van der Waals surface area contributed by atoms with Gasteiger partial charge in [-0.25, -0.2) is 4.39 Å². The summed E-state index contributed by atoms with van der Waals surface area (Å²) in [6.07, 6.45) is 1.02. The van der Waals surface area contributed by atoms with Gasteiger partial charge in [-0.05, 0) is 52.5 Å².